The normalized spacial score (nSPS) is 38.7. The molecule has 3 rings (SSSR count). The summed E-state index contributed by atoms with van der Waals surface area (Å²) in [6, 6.07) is 0. The van der Waals surface area contributed by atoms with E-state index in [-0.39, 0.29) is 29.8 Å². The molecule has 3 heterocycles. The molecule has 3 fully saturated rings. The zero-order valence-corrected chi connectivity index (χ0v) is 13.2. The van der Waals surface area contributed by atoms with E-state index in [1.165, 1.54) is 13.8 Å². The molecule has 0 spiro atoms. The molecular formula is C14H18O7S. The predicted molar refractivity (Wildman–Crippen MR) is 74.3 cm³/mol. The molecule has 22 heavy (non-hydrogen) atoms. The topological polar surface area (TPSA) is 96.0 Å². The highest BCUT2D eigenvalue weighted by Crippen LogP contribution is 2.50. The van der Waals surface area contributed by atoms with Gasteiger partial charge in [-0.05, 0) is 20.3 Å². The number of Topliss-reactive ketones (excluding diaryl/α,β-unsaturated/α-hetero) is 1. The van der Waals surface area contributed by atoms with Gasteiger partial charge >= 0.3 is 5.97 Å². The molecule has 0 amide bonds. The van der Waals surface area contributed by atoms with E-state index in [4.69, 9.17) is 13.7 Å². The van der Waals surface area contributed by atoms with Crippen molar-refractivity contribution in [2.24, 2.45) is 5.92 Å². The lowest BCUT2D eigenvalue weighted by molar-refractivity contribution is -0.150. The third-order valence-corrected chi connectivity index (χ3v) is 6.22. The van der Waals surface area contributed by atoms with E-state index in [9.17, 15) is 18.0 Å². The van der Waals surface area contributed by atoms with Gasteiger partial charge < -0.3 is 9.47 Å². The SMILES string of the molecule is C=C(C)C(=O)OC(C)C(=O)CC1C2CC3C(O2)C1OS3(=O)=O. The Hall–Kier alpha value is -1.25. The van der Waals surface area contributed by atoms with Crippen molar-refractivity contribution in [2.45, 2.75) is 56.4 Å². The Kier molecular flexibility index (Phi) is 3.65. The molecule has 122 valence electrons. The molecule has 6 unspecified atom stereocenters. The van der Waals surface area contributed by atoms with Crippen molar-refractivity contribution in [3.8, 4) is 0 Å². The molecule has 0 aromatic carbocycles. The maximum atomic E-state index is 12.2. The number of hydrogen-bond donors (Lipinski definition) is 0. The summed E-state index contributed by atoms with van der Waals surface area (Å²) < 4.78 is 39.3. The van der Waals surface area contributed by atoms with E-state index in [0.717, 1.165) is 0 Å². The fraction of sp³-hybridized carbons (Fsp3) is 0.714. The highest BCUT2D eigenvalue weighted by Gasteiger charge is 2.65. The van der Waals surface area contributed by atoms with Crippen LogP contribution < -0.4 is 0 Å². The van der Waals surface area contributed by atoms with Crippen LogP contribution in [0.4, 0.5) is 0 Å². The third-order valence-electron chi connectivity index (χ3n) is 4.52. The van der Waals surface area contributed by atoms with Crippen LogP contribution >= 0.6 is 0 Å². The van der Waals surface area contributed by atoms with Crippen molar-refractivity contribution in [1.29, 1.82) is 0 Å². The molecule has 3 aliphatic rings. The Morgan fingerprint density at radius 3 is 2.68 bits per heavy atom. The van der Waals surface area contributed by atoms with Crippen LogP contribution in [0.5, 0.6) is 0 Å². The number of carbonyl (C=O) groups is 2. The summed E-state index contributed by atoms with van der Waals surface area (Å²) in [7, 11) is -3.58. The fourth-order valence-corrected chi connectivity index (χ4v) is 5.01. The van der Waals surface area contributed by atoms with Crippen LogP contribution in [-0.4, -0.2) is 49.8 Å². The van der Waals surface area contributed by atoms with Crippen LogP contribution in [0.15, 0.2) is 12.2 Å². The second kappa shape index (κ2) is 5.14. The molecule has 3 saturated heterocycles. The number of esters is 1. The third kappa shape index (κ3) is 2.39. The molecule has 0 N–H and O–H groups in total. The summed E-state index contributed by atoms with van der Waals surface area (Å²) >= 11 is 0. The largest absolute Gasteiger partial charge is 0.451 e. The van der Waals surface area contributed by atoms with Gasteiger partial charge in [-0.3, -0.25) is 8.98 Å². The molecule has 7 nitrogen and oxygen atoms in total. The minimum Gasteiger partial charge on any atom is -0.451 e. The van der Waals surface area contributed by atoms with E-state index in [1.807, 2.05) is 0 Å². The summed E-state index contributed by atoms with van der Waals surface area (Å²) in [5.74, 6) is -1.21. The quantitative estimate of drug-likeness (QED) is 0.407. The van der Waals surface area contributed by atoms with Gasteiger partial charge in [0.05, 0.1) is 6.10 Å². The van der Waals surface area contributed by atoms with Crippen LogP contribution in [0.1, 0.15) is 26.7 Å². The Bertz CT molecular complexity index is 638. The standard InChI is InChI=1S/C14H18O7S/c1-6(2)14(16)19-7(3)9(15)4-8-10-5-11-13(20-10)12(8)21-22(11,17)18/h7-8,10-13H,1,4-5H2,2-3H3. The van der Waals surface area contributed by atoms with E-state index in [2.05, 4.69) is 6.58 Å². The predicted octanol–water partition coefficient (Wildman–Crippen LogP) is 0.338. The molecule has 2 bridgehead atoms. The molecule has 0 aromatic rings. The summed E-state index contributed by atoms with van der Waals surface area (Å²) in [6.45, 7) is 6.45. The van der Waals surface area contributed by atoms with Gasteiger partial charge in [-0.2, -0.15) is 8.42 Å². The van der Waals surface area contributed by atoms with Crippen LogP contribution in [0.2, 0.25) is 0 Å². The Balaban J connectivity index is 1.64. The summed E-state index contributed by atoms with van der Waals surface area (Å²) in [6.07, 6.45) is -1.83. The van der Waals surface area contributed by atoms with E-state index in [1.54, 1.807) is 0 Å². The van der Waals surface area contributed by atoms with Crippen molar-refractivity contribution >= 4 is 21.9 Å². The summed E-state index contributed by atoms with van der Waals surface area (Å²) in [4.78, 5) is 23.6. The number of hydrogen-bond acceptors (Lipinski definition) is 7. The first-order valence-corrected chi connectivity index (χ1v) is 8.64. The van der Waals surface area contributed by atoms with Crippen LogP contribution in [-0.2, 0) is 33.4 Å². The van der Waals surface area contributed by atoms with Crippen molar-refractivity contribution in [3.05, 3.63) is 12.2 Å². The number of ether oxygens (including phenoxy) is 2. The van der Waals surface area contributed by atoms with Gasteiger partial charge in [-0.1, -0.05) is 6.58 Å². The summed E-state index contributed by atoms with van der Waals surface area (Å²) in [5, 5.41) is -0.604. The van der Waals surface area contributed by atoms with Crippen molar-refractivity contribution in [3.63, 3.8) is 0 Å². The second-order valence-corrected chi connectivity index (χ2v) is 7.91. The van der Waals surface area contributed by atoms with Gasteiger partial charge in [-0.15, -0.1) is 0 Å². The zero-order chi connectivity index (χ0) is 16.2. The van der Waals surface area contributed by atoms with Gasteiger partial charge in [0.1, 0.15) is 17.5 Å². The second-order valence-electron chi connectivity index (χ2n) is 6.13. The maximum Gasteiger partial charge on any atom is 0.333 e. The van der Waals surface area contributed by atoms with Gasteiger partial charge in [-0.25, -0.2) is 4.79 Å². The lowest BCUT2D eigenvalue weighted by atomic mass is 9.82. The number of ketones is 1. The molecule has 6 atom stereocenters. The average Bonchev–Trinajstić information content (AvgIpc) is 3.02. The van der Waals surface area contributed by atoms with Crippen molar-refractivity contribution < 1.29 is 31.7 Å². The van der Waals surface area contributed by atoms with Crippen molar-refractivity contribution in [1.82, 2.24) is 0 Å². The Morgan fingerprint density at radius 1 is 1.36 bits per heavy atom. The van der Waals surface area contributed by atoms with Crippen LogP contribution in [0.25, 0.3) is 0 Å². The maximum absolute atomic E-state index is 12.2. The van der Waals surface area contributed by atoms with Gasteiger partial charge in [0.2, 0.25) is 0 Å². The number of rotatable bonds is 5. The molecule has 0 aromatic heterocycles. The van der Waals surface area contributed by atoms with Gasteiger partial charge in [0.25, 0.3) is 10.1 Å². The monoisotopic (exact) mass is 330 g/mol. The van der Waals surface area contributed by atoms with Gasteiger partial charge in [0.15, 0.2) is 11.9 Å². The molecule has 0 saturated carbocycles. The minimum atomic E-state index is -3.58. The molecule has 8 heteroatoms. The van der Waals surface area contributed by atoms with Crippen LogP contribution in [0, 0.1) is 5.92 Å². The average molecular weight is 330 g/mol. The fourth-order valence-electron chi connectivity index (χ4n) is 3.34. The highest BCUT2D eigenvalue weighted by atomic mass is 32.2. The minimum absolute atomic E-state index is 0.0682. The lowest BCUT2D eigenvalue weighted by Gasteiger charge is -2.22. The smallest absolute Gasteiger partial charge is 0.333 e. The van der Waals surface area contributed by atoms with E-state index >= 15 is 0 Å². The lowest BCUT2D eigenvalue weighted by Crippen LogP contribution is -2.37. The van der Waals surface area contributed by atoms with Gasteiger partial charge in [0, 0.05) is 17.9 Å². The van der Waals surface area contributed by atoms with E-state index < -0.39 is 39.6 Å². The Labute approximate surface area is 128 Å². The Morgan fingerprint density at radius 2 is 2.05 bits per heavy atom. The first-order valence-electron chi connectivity index (χ1n) is 7.17. The summed E-state index contributed by atoms with van der Waals surface area (Å²) in [5.41, 5.74) is 0.218. The van der Waals surface area contributed by atoms with E-state index in [0.29, 0.717) is 6.42 Å². The zero-order valence-electron chi connectivity index (χ0n) is 12.4. The number of fused-ring (bicyclic) bond motifs is 1. The first-order chi connectivity index (χ1) is 10.2. The van der Waals surface area contributed by atoms with Crippen LogP contribution in [0.3, 0.4) is 0 Å². The molecule has 3 aliphatic heterocycles. The first kappa shape index (κ1) is 15.6. The molecule has 0 radical (unpaired) electrons. The molecular weight excluding hydrogens is 312 g/mol. The highest BCUT2D eigenvalue weighted by molar-refractivity contribution is 7.87. The van der Waals surface area contributed by atoms with Crippen molar-refractivity contribution in [2.75, 3.05) is 0 Å². The molecule has 0 aliphatic carbocycles. The number of carbonyl (C=O) groups excluding carboxylic acids is 2.